The number of ketones is 1. The van der Waals surface area contributed by atoms with Crippen molar-refractivity contribution in [3.8, 4) is 0 Å². The molecular formula is C28H35FO4. The van der Waals surface area contributed by atoms with Crippen LogP contribution < -0.4 is 0 Å². The molecule has 0 aromatic heterocycles. The zero-order valence-corrected chi connectivity index (χ0v) is 20.1. The van der Waals surface area contributed by atoms with E-state index in [1.807, 2.05) is 13.8 Å². The number of Topliss-reactive ketones (excluding diaryl/α,β-unsaturated/α-hetero) is 1. The van der Waals surface area contributed by atoms with E-state index in [9.17, 15) is 19.1 Å². The second kappa shape index (κ2) is 7.90. The summed E-state index contributed by atoms with van der Waals surface area (Å²) < 4.78 is 19.9. The maximum Gasteiger partial charge on any atom is 0.338 e. The summed E-state index contributed by atoms with van der Waals surface area (Å²) >= 11 is 0. The molecule has 0 saturated heterocycles. The Bertz CT molecular complexity index is 1020. The number of aliphatic hydroxyl groups excluding tert-OH is 1. The van der Waals surface area contributed by atoms with Gasteiger partial charge in [-0.25, -0.2) is 9.18 Å². The van der Waals surface area contributed by atoms with E-state index in [1.54, 1.807) is 6.08 Å². The Labute approximate surface area is 195 Å². The summed E-state index contributed by atoms with van der Waals surface area (Å²) in [6.45, 7) is 16.3. The molecule has 3 aliphatic carbocycles. The number of halogens is 1. The Hall–Kier alpha value is -2.27. The van der Waals surface area contributed by atoms with Gasteiger partial charge in [0.2, 0.25) is 0 Å². The number of carbonyl (C=O) groups excluding carboxylic acids is 2. The lowest BCUT2D eigenvalue weighted by atomic mass is 9.44. The van der Waals surface area contributed by atoms with Crippen molar-refractivity contribution in [2.24, 2.45) is 34.0 Å². The second-order valence-electron chi connectivity index (χ2n) is 11.2. The van der Waals surface area contributed by atoms with Gasteiger partial charge in [0, 0.05) is 22.7 Å². The lowest BCUT2D eigenvalue weighted by molar-refractivity contribution is -0.191. The highest BCUT2D eigenvalue weighted by atomic mass is 19.1. The maximum absolute atomic E-state index is 13.8. The Morgan fingerprint density at radius 1 is 1.30 bits per heavy atom. The highest BCUT2D eigenvalue weighted by Crippen LogP contribution is 2.68. The van der Waals surface area contributed by atoms with E-state index < -0.39 is 40.2 Å². The Morgan fingerprint density at radius 3 is 2.64 bits per heavy atom. The topological polar surface area (TPSA) is 63.6 Å². The van der Waals surface area contributed by atoms with Crippen LogP contribution in [0, 0.1) is 39.8 Å². The van der Waals surface area contributed by atoms with Gasteiger partial charge in [-0.2, -0.15) is 0 Å². The molecule has 5 heteroatoms. The van der Waals surface area contributed by atoms with Crippen LogP contribution in [0.1, 0.15) is 63.7 Å². The quantitative estimate of drug-likeness (QED) is 0.372. The van der Waals surface area contributed by atoms with Gasteiger partial charge in [-0.15, -0.1) is 6.58 Å². The van der Waals surface area contributed by atoms with Crippen molar-refractivity contribution in [1.29, 1.82) is 0 Å². The minimum atomic E-state index is -0.780. The molecule has 3 fully saturated rings. The van der Waals surface area contributed by atoms with Crippen LogP contribution in [0.4, 0.5) is 4.39 Å². The fourth-order valence-electron chi connectivity index (χ4n) is 7.30. The van der Waals surface area contributed by atoms with Crippen LogP contribution in [-0.2, 0) is 9.53 Å². The number of hydrogen-bond acceptors (Lipinski definition) is 4. The summed E-state index contributed by atoms with van der Waals surface area (Å²) in [6.07, 6.45) is 2.88. The van der Waals surface area contributed by atoms with E-state index >= 15 is 0 Å². The Kier molecular flexibility index (Phi) is 5.72. The second-order valence-corrected chi connectivity index (χ2v) is 11.2. The molecule has 0 radical (unpaired) electrons. The average Bonchev–Trinajstić information content (AvgIpc) is 3.05. The van der Waals surface area contributed by atoms with E-state index in [-0.39, 0.29) is 29.1 Å². The van der Waals surface area contributed by atoms with Gasteiger partial charge in [0.15, 0.2) is 5.78 Å². The molecule has 2 bridgehead atoms. The fraction of sp³-hybridized carbons (Fsp3) is 0.571. The SMILES string of the molecule is C=C[C@]1(C)C[C@@H](O)[C@]2(C)[C@H](C)CC[C@]3(CC(=C)C(=O)[C@H]32)[C@@H](C)[C@@H]1OC(=O)c1cccc(F)c1. The summed E-state index contributed by atoms with van der Waals surface area (Å²) in [5, 5.41) is 11.6. The maximum atomic E-state index is 13.8. The largest absolute Gasteiger partial charge is 0.458 e. The number of esters is 1. The van der Waals surface area contributed by atoms with E-state index in [0.717, 1.165) is 18.9 Å². The van der Waals surface area contributed by atoms with Crippen LogP contribution in [0.3, 0.4) is 0 Å². The molecule has 0 amide bonds. The number of allylic oxidation sites excluding steroid dienone is 1. The smallest absolute Gasteiger partial charge is 0.338 e. The summed E-state index contributed by atoms with van der Waals surface area (Å²) in [4.78, 5) is 26.6. The highest BCUT2D eigenvalue weighted by molar-refractivity contribution is 6.00. The molecule has 3 aliphatic rings. The van der Waals surface area contributed by atoms with E-state index in [1.165, 1.54) is 18.2 Å². The Balaban J connectivity index is 1.84. The molecule has 1 aromatic carbocycles. The first-order valence-corrected chi connectivity index (χ1v) is 11.9. The number of carbonyl (C=O) groups is 2. The molecule has 8 atom stereocenters. The fourth-order valence-corrected chi connectivity index (χ4v) is 7.30. The lowest BCUT2D eigenvalue weighted by Gasteiger charge is -2.61. The third-order valence-electron chi connectivity index (χ3n) is 9.58. The summed E-state index contributed by atoms with van der Waals surface area (Å²) in [5.74, 6) is -1.50. The first-order chi connectivity index (χ1) is 15.4. The van der Waals surface area contributed by atoms with Gasteiger partial charge in [-0.1, -0.05) is 46.4 Å². The van der Waals surface area contributed by atoms with Gasteiger partial charge in [-0.3, -0.25) is 4.79 Å². The monoisotopic (exact) mass is 454 g/mol. The van der Waals surface area contributed by atoms with Crippen LogP contribution in [-0.4, -0.2) is 29.1 Å². The summed E-state index contributed by atoms with van der Waals surface area (Å²) in [6, 6.07) is 5.45. The van der Waals surface area contributed by atoms with Crippen molar-refractivity contribution in [3.05, 3.63) is 60.5 Å². The minimum Gasteiger partial charge on any atom is -0.458 e. The van der Waals surface area contributed by atoms with Crippen molar-refractivity contribution in [1.82, 2.24) is 0 Å². The number of benzene rings is 1. The number of hydrogen-bond donors (Lipinski definition) is 1. The third-order valence-corrected chi connectivity index (χ3v) is 9.58. The predicted octanol–water partition coefficient (Wildman–Crippen LogP) is 5.51. The van der Waals surface area contributed by atoms with Crippen molar-refractivity contribution in [2.45, 2.75) is 65.6 Å². The van der Waals surface area contributed by atoms with Crippen LogP contribution in [0.5, 0.6) is 0 Å². The van der Waals surface area contributed by atoms with Gasteiger partial charge >= 0.3 is 5.97 Å². The number of rotatable bonds is 3. The average molecular weight is 455 g/mol. The summed E-state index contributed by atoms with van der Waals surface area (Å²) in [5.41, 5.74) is -1.07. The minimum absolute atomic E-state index is 0.0346. The molecule has 1 N–H and O–H groups in total. The normalized spacial score (nSPS) is 42.8. The molecule has 1 aromatic rings. The van der Waals surface area contributed by atoms with Crippen LogP contribution in [0.25, 0.3) is 0 Å². The van der Waals surface area contributed by atoms with Gasteiger partial charge in [-0.05, 0) is 60.8 Å². The molecule has 0 aliphatic heterocycles. The van der Waals surface area contributed by atoms with Gasteiger partial charge < -0.3 is 9.84 Å². The molecule has 33 heavy (non-hydrogen) atoms. The van der Waals surface area contributed by atoms with Crippen molar-refractivity contribution in [3.63, 3.8) is 0 Å². The molecule has 4 nitrogen and oxygen atoms in total. The molecule has 3 saturated carbocycles. The molecule has 178 valence electrons. The van der Waals surface area contributed by atoms with Crippen LogP contribution in [0.2, 0.25) is 0 Å². The van der Waals surface area contributed by atoms with Crippen LogP contribution in [0.15, 0.2) is 49.1 Å². The van der Waals surface area contributed by atoms with Crippen molar-refractivity contribution in [2.75, 3.05) is 0 Å². The van der Waals surface area contributed by atoms with Crippen molar-refractivity contribution >= 4 is 11.8 Å². The van der Waals surface area contributed by atoms with Crippen molar-refractivity contribution < 1.29 is 23.8 Å². The molecule has 0 spiro atoms. The van der Waals surface area contributed by atoms with Gasteiger partial charge in [0.05, 0.1) is 11.7 Å². The number of aliphatic hydroxyl groups is 1. The van der Waals surface area contributed by atoms with Gasteiger partial charge in [0.25, 0.3) is 0 Å². The molecule has 0 heterocycles. The number of ether oxygens (including phenoxy) is 1. The summed E-state index contributed by atoms with van der Waals surface area (Å²) in [7, 11) is 0. The standard InChI is InChI=1S/C28H35FO4/c1-7-26(5)15-21(30)27(6)17(3)11-12-28(14-16(2)22(31)23(27)28)18(4)24(26)33-25(32)19-9-8-10-20(29)13-19/h7-10,13,17-18,21,23-24,30H,1-2,11-12,14-15H2,3-6H3/t17-,18+,21-,23+,24+,26-,27+,28+/m1/s1. The third kappa shape index (κ3) is 3.34. The predicted molar refractivity (Wildman–Crippen MR) is 125 cm³/mol. The van der Waals surface area contributed by atoms with E-state index in [0.29, 0.717) is 18.4 Å². The first kappa shape index (κ1) is 23.9. The van der Waals surface area contributed by atoms with E-state index in [4.69, 9.17) is 4.74 Å². The zero-order chi connectivity index (χ0) is 24.3. The zero-order valence-electron chi connectivity index (χ0n) is 20.1. The molecule has 0 unspecified atom stereocenters. The van der Waals surface area contributed by atoms with Gasteiger partial charge in [0.1, 0.15) is 11.9 Å². The first-order valence-electron chi connectivity index (χ1n) is 11.9. The lowest BCUT2D eigenvalue weighted by Crippen LogP contribution is -2.62. The molecule has 4 rings (SSSR count). The van der Waals surface area contributed by atoms with E-state index in [2.05, 4.69) is 27.0 Å². The molecular weight excluding hydrogens is 419 g/mol. The Morgan fingerprint density at radius 2 is 2.00 bits per heavy atom. The van der Waals surface area contributed by atoms with Crippen LogP contribution >= 0.6 is 0 Å². The highest BCUT2D eigenvalue weighted by Gasteiger charge is 2.68.